The smallest absolute Gasteiger partial charge is 0.291 e. The lowest BCUT2D eigenvalue weighted by molar-refractivity contribution is 0.0928. The van der Waals surface area contributed by atoms with Crippen molar-refractivity contribution in [3.63, 3.8) is 0 Å². The van der Waals surface area contributed by atoms with Gasteiger partial charge < -0.3 is 5.32 Å². The number of hydrogen-bond acceptors (Lipinski definition) is 4. The van der Waals surface area contributed by atoms with Gasteiger partial charge in [0.1, 0.15) is 5.82 Å². The molecular formula is C12H20N4OS. The number of carbonyl (C=O) groups excluding carboxylic acids is 1. The van der Waals surface area contributed by atoms with Crippen molar-refractivity contribution in [1.29, 1.82) is 0 Å². The van der Waals surface area contributed by atoms with Gasteiger partial charge in [0, 0.05) is 17.2 Å². The van der Waals surface area contributed by atoms with Crippen LogP contribution >= 0.6 is 11.8 Å². The van der Waals surface area contributed by atoms with Gasteiger partial charge in [0.2, 0.25) is 5.82 Å². The lowest BCUT2D eigenvalue weighted by Crippen LogP contribution is -2.39. The summed E-state index contributed by atoms with van der Waals surface area (Å²) < 4.78 is 0. The molecular weight excluding hydrogens is 248 g/mol. The normalized spacial score (nSPS) is 23.6. The number of nitrogens with one attached hydrogen (secondary N) is 2. The zero-order valence-corrected chi connectivity index (χ0v) is 11.9. The summed E-state index contributed by atoms with van der Waals surface area (Å²) in [4.78, 5) is 16.2. The van der Waals surface area contributed by atoms with E-state index < -0.39 is 0 Å². The molecule has 0 radical (unpaired) electrons. The third-order valence-electron chi connectivity index (χ3n) is 3.32. The number of amides is 1. The summed E-state index contributed by atoms with van der Waals surface area (Å²) in [5.41, 5.74) is 0. The number of thioether (sulfide) groups is 1. The second-order valence-electron chi connectivity index (χ2n) is 4.98. The van der Waals surface area contributed by atoms with Crippen molar-refractivity contribution in [2.24, 2.45) is 0 Å². The van der Waals surface area contributed by atoms with Gasteiger partial charge in [-0.25, -0.2) is 4.98 Å². The maximum absolute atomic E-state index is 12.0. The van der Waals surface area contributed by atoms with Crippen LogP contribution in [0.2, 0.25) is 0 Å². The summed E-state index contributed by atoms with van der Waals surface area (Å²) in [5.74, 6) is 1.10. The predicted octanol–water partition coefficient (Wildman–Crippen LogP) is 1.94. The molecule has 1 aliphatic carbocycles. The molecule has 1 aromatic rings. The van der Waals surface area contributed by atoms with Crippen LogP contribution in [0.5, 0.6) is 0 Å². The molecule has 2 atom stereocenters. The highest BCUT2D eigenvalue weighted by molar-refractivity contribution is 7.99. The minimum atomic E-state index is -0.163. The standard InChI is InChI=1S/C12H20N4OS/c1-7(2)10-14-11(16-15-10)12(17)13-8-5-4-6-9(8)18-3/h7-9H,4-6H2,1-3H3,(H,13,17)(H,14,15,16). The molecule has 1 fully saturated rings. The molecule has 1 saturated carbocycles. The van der Waals surface area contributed by atoms with E-state index in [2.05, 4.69) is 26.8 Å². The third-order valence-corrected chi connectivity index (χ3v) is 4.49. The molecule has 1 aromatic heterocycles. The molecule has 6 heteroatoms. The van der Waals surface area contributed by atoms with Gasteiger partial charge in [0.05, 0.1) is 0 Å². The fourth-order valence-corrected chi connectivity index (χ4v) is 3.18. The van der Waals surface area contributed by atoms with Crippen molar-refractivity contribution in [2.75, 3.05) is 6.26 Å². The number of carbonyl (C=O) groups is 1. The van der Waals surface area contributed by atoms with E-state index in [0.29, 0.717) is 5.25 Å². The lowest BCUT2D eigenvalue weighted by atomic mass is 10.2. The highest BCUT2D eigenvalue weighted by atomic mass is 32.2. The maximum Gasteiger partial charge on any atom is 0.291 e. The second kappa shape index (κ2) is 5.73. The van der Waals surface area contributed by atoms with Crippen molar-refractivity contribution >= 4 is 17.7 Å². The largest absolute Gasteiger partial charge is 0.345 e. The van der Waals surface area contributed by atoms with E-state index in [9.17, 15) is 4.79 Å². The van der Waals surface area contributed by atoms with Crippen LogP contribution < -0.4 is 5.32 Å². The van der Waals surface area contributed by atoms with Gasteiger partial charge >= 0.3 is 0 Å². The maximum atomic E-state index is 12.0. The topological polar surface area (TPSA) is 70.7 Å². The summed E-state index contributed by atoms with van der Waals surface area (Å²) in [6, 6.07) is 0.258. The van der Waals surface area contributed by atoms with Gasteiger partial charge in [-0.15, -0.1) is 5.10 Å². The van der Waals surface area contributed by atoms with Crippen LogP contribution in [-0.4, -0.2) is 38.6 Å². The van der Waals surface area contributed by atoms with E-state index >= 15 is 0 Å². The Morgan fingerprint density at radius 1 is 1.50 bits per heavy atom. The minimum absolute atomic E-state index is 0.163. The first-order valence-corrected chi connectivity index (χ1v) is 7.66. The van der Waals surface area contributed by atoms with Crippen LogP contribution in [0.3, 0.4) is 0 Å². The molecule has 0 spiro atoms. The van der Waals surface area contributed by atoms with Gasteiger partial charge in [0.25, 0.3) is 5.91 Å². The van der Waals surface area contributed by atoms with E-state index in [1.165, 1.54) is 12.8 Å². The first-order chi connectivity index (χ1) is 8.61. The van der Waals surface area contributed by atoms with Crippen LogP contribution in [0.25, 0.3) is 0 Å². The minimum Gasteiger partial charge on any atom is -0.345 e. The molecule has 100 valence electrons. The van der Waals surface area contributed by atoms with E-state index in [4.69, 9.17) is 0 Å². The number of aromatic nitrogens is 3. The summed E-state index contributed by atoms with van der Waals surface area (Å²) in [6.45, 7) is 4.03. The van der Waals surface area contributed by atoms with Crippen LogP contribution in [0.15, 0.2) is 0 Å². The van der Waals surface area contributed by atoms with Gasteiger partial charge in [0.15, 0.2) is 0 Å². The van der Waals surface area contributed by atoms with Gasteiger partial charge in [-0.3, -0.25) is 9.89 Å². The number of nitrogens with zero attached hydrogens (tertiary/aromatic N) is 2. The highest BCUT2D eigenvalue weighted by Crippen LogP contribution is 2.28. The number of H-pyrrole nitrogens is 1. The molecule has 2 rings (SSSR count). The molecule has 2 N–H and O–H groups in total. The zero-order chi connectivity index (χ0) is 13.1. The molecule has 0 bridgehead atoms. The monoisotopic (exact) mass is 268 g/mol. The Balaban J connectivity index is 1.98. The summed E-state index contributed by atoms with van der Waals surface area (Å²) in [7, 11) is 0. The van der Waals surface area contributed by atoms with Gasteiger partial charge in [-0.2, -0.15) is 11.8 Å². The summed E-state index contributed by atoms with van der Waals surface area (Å²) >= 11 is 1.82. The Bertz CT molecular complexity index is 418. The molecule has 2 unspecified atom stereocenters. The van der Waals surface area contributed by atoms with Gasteiger partial charge in [-0.05, 0) is 19.1 Å². The Morgan fingerprint density at radius 3 is 2.89 bits per heavy atom. The van der Waals surface area contributed by atoms with E-state index in [1.54, 1.807) is 0 Å². The van der Waals surface area contributed by atoms with Crippen molar-refractivity contribution in [3.8, 4) is 0 Å². The lowest BCUT2D eigenvalue weighted by Gasteiger charge is -2.17. The Labute approximate surface area is 112 Å². The summed E-state index contributed by atoms with van der Waals surface area (Å²) in [5, 5.41) is 10.4. The molecule has 0 aromatic carbocycles. The molecule has 1 amide bonds. The van der Waals surface area contributed by atoms with E-state index in [1.807, 2.05) is 25.6 Å². The molecule has 1 aliphatic rings. The predicted molar refractivity (Wildman–Crippen MR) is 72.9 cm³/mol. The number of rotatable bonds is 4. The summed E-state index contributed by atoms with van der Waals surface area (Å²) in [6.07, 6.45) is 5.51. The van der Waals surface area contributed by atoms with Crippen molar-refractivity contribution in [2.45, 2.75) is 50.3 Å². The Hall–Kier alpha value is -1.04. The van der Waals surface area contributed by atoms with E-state index in [-0.39, 0.29) is 23.7 Å². The highest BCUT2D eigenvalue weighted by Gasteiger charge is 2.29. The number of hydrogen-bond donors (Lipinski definition) is 2. The van der Waals surface area contributed by atoms with E-state index in [0.717, 1.165) is 12.2 Å². The second-order valence-corrected chi connectivity index (χ2v) is 6.06. The SMILES string of the molecule is CSC1CCCC1NC(=O)c1n[nH]c(C(C)C)n1. The quantitative estimate of drug-likeness (QED) is 0.875. The molecule has 0 aliphatic heterocycles. The van der Waals surface area contributed by atoms with Crippen molar-refractivity contribution < 1.29 is 4.79 Å². The van der Waals surface area contributed by atoms with Crippen LogP contribution in [0.1, 0.15) is 55.5 Å². The molecule has 1 heterocycles. The molecule has 5 nitrogen and oxygen atoms in total. The van der Waals surface area contributed by atoms with Gasteiger partial charge in [-0.1, -0.05) is 20.3 Å². The first-order valence-electron chi connectivity index (χ1n) is 6.37. The van der Waals surface area contributed by atoms with Crippen molar-refractivity contribution in [1.82, 2.24) is 20.5 Å². The van der Waals surface area contributed by atoms with Crippen LogP contribution in [-0.2, 0) is 0 Å². The fraction of sp³-hybridized carbons (Fsp3) is 0.750. The molecule has 18 heavy (non-hydrogen) atoms. The Morgan fingerprint density at radius 2 is 2.28 bits per heavy atom. The average Bonchev–Trinajstić information content (AvgIpc) is 2.96. The Kier molecular flexibility index (Phi) is 4.27. The van der Waals surface area contributed by atoms with Crippen molar-refractivity contribution in [3.05, 3.63) is 11.6 Å². The van der Waals surface area contributed by atoms with Crippen LogP contribution in [0.4, 0.5) is 0 Å². The average molecular weight is 268 g/mol. The first kappa shape index (κ1) is 13.4. The van der Waals surface area contributed by atoms with Crippen LogP contribution in [0, 0.1) is 0 Å². The third kappa shape index (κ3) is 2.85. The fourth-order valence-electron chi connectivity index (χ4n) is 2.24. The zero-order valence-electron chi connectivity index (χ0n) is 11.1. The number of aromatic amines is 1. The molecule has 0 saturated heterocycles.